The van der Waals surface area contributed by atoms with Crippen LogP contribution >= 0.6 is 11.6 Å². The van der Waals surface area contributed by atoms with E-state index in [1.807, 2.05) is 0 Å². The lowest BCUT2D eigenvalue weighted by Crippen LogP contribution is -2.03. The molecule has 0 aliphatic heterocycles. The molecule has 0 saturated carbocycles. The van der Waals surface area contributed by atoms with Gasteiger partial charge in [-0.15, -0.1) is 0 Å². The summed E-state index contributed by atoms with van der Waals surface area (Å²) in [6.07, 6.45) is 2.56. The van der Waals surface area contributed by atoms with Gasteiger partial charge in [0, 0.05) is 18.2 Å². The van der Waals surface area contributed by atoms with Gasteiger partial charge in [-0.05, 0) is 23.8 Å². The molecule has 0 radical (unpaired) electrons. The number of aromatic nitrogens is 2. The summed E-state index contributed by atoms with van der Waals surface area (Å²) >= 11 is 5.58. The van der Waals surface area contributed by atoms with E-state index in [4.69, 9.17) is 11.6 Å². The van der Waals surface area contributed by atoms with Gasteiger partial charge >= 0.3 is 0 Å². The largest absolute Gasteiger partial charge is 0.388 e. The van der Waals surface area contributed by atoms with Crippen molar-refractivity contribution in [1.82, 2.24) is 10.2 Å². The maximum Gasteiger partial charge on any atom is 0.142 e. The predicted molar refractivity (Wildman–Crippen MR) is 62.1 cm³/mol. The zero-order valence-electron chi connectivity index (χ0n) is 8.85. The smallest absolute Gasteiger partial charge is 0.142 e. The van der Waals surface area contributed by atoms with Crippen molar-refractivity contribution in [3.63, 3.8) is 0 Å². The average Bonchev–Trinajstić information content (AvgIpc) is 2.35. The van der Waals surface area contributed by atoms with E-state index in [9.17, 15) is 9.50 Å². The minimum absolute atomic E-state index is 0.0776. The van der Waals surface area contributed by atoms with E-state index in [0.29, 0.717) is 17.5 Å². The Labute approximate surface area is 103 Å². The third-order valence-corrected chi connectivity index (χ3v) is 2.71. The molecule has 0 fully saturated rings. The lowest BCUT2D eigenvalue weighted by molar-refractivity contribution is 0.177. The molecule has 0 aliphatic rings. The molecular formula is C12H10ClFN2O. The summed E-state index contributed by atoms with van der Waals surface area (Å²) in [5.74, 6) is -0.482. The van der Waals surface area contributed by atoms with Crippen molar-refractivity contribution in [1.29, 1.82) is 0 Å². The first-order valence-electron chi connectivity index (χ1n) is 5.05. The number of hydrogen-bond donors (Lipinski definition) is 1. The monoisotopic (exact) mass is 252 g/mol. The van der Waals surface area contributed by atoms with Crippen molar-refractivity contribution in [2.45, 2.75) is 12.5 Å². The van der Waals surface area contributed by atoms with Gasteiger partial charge < -0.3 is 5.11 Å². The van der Waals surface area contributed by atoms with Crippen LogP contribution in [0.15, 0.2) is 36.7 Å². The molecule has 0 spiro atoms. The fraction of sp³-hybridized carbons (Fsp3) is 0.167. The molecule has 1 atom stereocenters. The molecular weight excluding hydrogens is 243 g/mol. The second-order valence-electron chi connectivity index (χ2n) is 3.64. The number of hydrogen-bond acceptors (Lipinski definition) is 3. The highest BCUT2D eigenvalue weighted by Crippen LogP contribution is 2.20. The van der Waals surface area contributed by atoms with Gasteiger partial charge in [0.1, 0.15) is 5.82 Å². The summed E-state index contributed by atoms with van der Waals surface area (Å²) in [6.45, 7) is 0. The highest BCUT2D eigenvalue weighted by molar-refractivity contribution is 6.30. The molecule has 17 heavy (non-hydrogen) atoms. The van der Waals surface area contributed by atoms with E-state index < -0.39 is 11.9 Å². The normalized spacial score (nSPS) is 12.4. The Kier molecular flexibility index (Phi) is 3.66. The fourth-order valence-corrected chi connectivity index (χ4v) is 1.62. The Morgan fingerprint density at radius 2 is 2.12 bits per heavy atom. The molecule has 88 valence electrons. The molecule has 2 aromatic rings. The van der Waals surface area contributed by atoms with E-state index in [-0.39, 0.29) is 5.02 Å². The number of rotatable bonds is 3. The summed E-state index contributed by atoms with van der Waals surface area (Å²) in [5, 5.41) is 17.3. The van der Waals surface area contributed by atoms with Gasteiger partial charge in [0.15, 0.2) is 0 Å². The SMILES string of the molecule is OC(Cc1ccc(Cl)c(F)c1)c1ccnnc1. The second-order valence-corrected chi connectivity index (χ2v) is 4.05. The highest BCUT2D eigenvalue weighted by Gasteiger charge is 2.10. The van der Waals surface area contributed by atoms with Crippen molar-refractivity contribution >= 4 is 11.6 Å². The molecule has 0 bridgehead atoms. The number of aliphatic hydroxyl groups is 1. The first-order valence-corrected chi connectivity index (χ1v) is 5.43. The Hall–Kier alpha value is -1.52. The Balaban J connectivity index is 2.13. The van der Waals surface area contributed by atoms with Crippen LogP contribution in [-0.2, 0) is 6.42 Å². The first-order chi connectivity index (χ1) is 8.16. The molecule has 0 saturated heterocycles. The van der Waals surface area contributed by atoms with Gasteiger partial charge in [-0.3, -0.25) is 0 Å². The maximum atomic E-state index is 13.2. The van der Waals surface area contributed by atoms with Gasteiger partial charge in [-0.2, -0.15) is 10.2 Å². The lowest BCUT2D eigenvalue weighted by atomic mass is 10.0. The Bertz CT molecular complexity index is 507. The predicted octanol–water partition coefficient (Wildman–Crippen LogP) is 2.55. The molecule has 1 aromatic carbocycles. The van der Waals surface area contributed by atoms with E-state index in [1.165, 1.54) is 24.5 Å². The van der Waals surface area contributed by atoms with Crippen LogP contribution in [0.1, 0.15) is 17.2 Å². The van der Waals surface area contributed by atoms with Gasteiger partial charge in [0.2, 0.25) is 0 Å². The number of halogens is 2. The van der Waals surface area contributed by atoms with Crippen molar-refractivity contribution < 1.29 is 9.50 Å². The van der Waals surface area contributed by atoms with E-state index in [1.54, 1.807) is 12.1 Å². The van der Waals surface area contributed by atoms with Crippen LogP contribution in [0.5, 0.6) is 0 Å². The standard InChI is InChI=1S/C12H10ClFN2O/c13-10-2-1-8(5-11(10)14)6-12(17)9-3-4-15-16-7-9/h1-5,7,12,17H,6H2. The summed E-state index contributed by atoms with van der Waals surface area (Å²) in [5.41, 5.74) is 1.33. The molecule has 1 aromatic heterocycles. The zero-order chi connectivity index (χ0) is 12.3. The van der Waals surface area contributed by atoms with Gasteiger partial charge in [-0.25, -0.2) is 4.39 Å². The van der Waals surface area contributed by atoms with Crippen LogP contribution in [0.4, 0.5) is 4.39 Å². The van der Waals surface area contributed by atoms with Crippen molar-refractivity contribution in [3.8, 4) is 0 Å². The second kappa shape index (κ2) is 5.21. The number of benzene rings is 1. The van der Waals surface area contributed by atoms with Crippen molar-refractivity contribution in [3.05, 3.63) is 58.6 Å². The van der Waals surface area contributed by atoms with E-state index in [0.717, 1.165) is 0 Å². The minimum Gasteiger partial charge on any atom is -0.388 e. The molecule has 2 rings (SSSR count). The Morgan fingerprint density at radius 1 is 1.29 bits per heavy atom. The van der Waals surface area contributed by atoms with E-state index in [2.05, 4.69) is 10.2 Å². The lowest BCUT2D eigenvalue weighted by Gasteiger charge is -2.10. The fourth-order valence-electron chi connectivity index (χ4n) is 1.51. The average molecular weight is 253 g/mol. The van der Waals surface area contributed by atoms with Crippen molar-refractivity contribution in [2.75, 3.05) is 0 Å². The zero-order valence-corrected chi connectivity index (χ0v) is 9.60. The molecule has 1 N–H and O–H groups in total. The molecule has 5 heteroatoms. The third kappa shape index (κ3) is 2.99. The summed E-state index contributed by atoms with van der Waals surface area (Å²) in [4.78, 5) is 0. The molecule has 1 unspecified atom stereocenters. The number of aliphatic hydroxyl groups excluding tert-OH is 1. The third-order valence-electron chi connectivity index (χ3n) is 2.40. The van der Waals surface area contributed by atoms with Crippen LogP contribution in [0.3, 0.4) is 0 Å². The van der Waals surface area contributed by atoms with Gasteiger partial charge in [0.05, 0.1) is 17.3 Å². The van der Waals surface area contributed by atoms with Crippen LogP contribution < -0.4 is 0 Å². The molecule has 3 nitrogen and oxygen atoms in total. The quantitative estimate of drug-likeness (QED) is 0.913. The van der Waals surface area contributed by atoms with Gasteiger partial charge in [-0.1, -0.05) is 17.7 Å². The molecule has 0 amide bonds. The highest BCUT2D eigenvalue weighted by atomic mass is 35.5. The maximum absolute atomic E-state index is 13.2. The van der Waals surface area contributed by atoms with Crippen LogP contribution in [0.2, 0.25) is 5.02 Å². The summed E-state index contributed by atoms with van der Waals surface area (Å²) in [7, 11) is 0. The topological polar surface area (TPSA) is 46.0 Å². The van der Waals surface area contributed by atoms with Crippen LogP contribution in [-0.4, -0.2) is 15.3 Å². The first kappa shape index (κ1) is 12.0. The van der Waals surface area contributed by atoms with Gasteiger partial charge in [0.25, 0.3) is 0 Å². The van der Waals surface area contributed by atoms with Crippen LogP contribution in [0.25, 0.3) is 0 Å². The molecule has 1 heterocycles. The number of nitrogens with zero attached hydrogens (tertiary/aromatic N) is 2. The van der Waals surface area contributed by atoms with Crippen LogP contribution in [0, 0.1) is 5.82 Å². The molecule has 0 aliphatic carbocycles. The van der Waals surface area contributed by atoms with Crippen molar-refractivity contribution in [2.24, 2.45) is 0 Å². The Morgan fingerprint density at radius 3 is 2.76 bits per heavy atom. The summed E-state index contributed by atoms with van der Waals surface area (Å²) < 4.78 is 13.2. The minimum atomic E-state index is -0.730. The van der Waals surface area contributed by atoms with E-state index >= 15 is 0 Å². The summed E-state index contributed by atoms with van der Waals surface area (Å²) in [6, 6.07) is 6.15.